The summed E-state index contributed by atoms with van der Waals surface area (Å²) in [5, 5.41) is 0. The number of ether oxygens (including phenoxy) is 2. The fourth-order valence-electron chi connectivity index (χ4n) is 4.15. The molecule has 5 heteroatoms. The monoisotopic (exact) mass is 281 g/mol. The Morgan fingerprint density at radius 1 is 1.35 bits per heavy atom. The lowest BCUT2D eigenvalue weighted by molar-refractivity contribution is -0.183. The average Bonchev–Trinajstić information content (AvgIpc) is 2.32. The Labute approximate surface area is 119 Å². The van der Waals surface area contributed by atoms with E-state index in [0.717, 1.165) is 12.8 Å². The van der Waals surface area contributed by atoms with Crippen molar-refractivity contribution in [3.63, 3.8) is 0 Å². The molecule has 112 valence electrons. The first-order valence-electron chi connectivity index (χ1n) is 6.95. The van der Waals surface area contributed by atoms with Gasteiger partial charge in [-0.25, -0.2) is 0 Å². The third kappa shape index (κ3) is 2.86. The number of hydrogen-bond donors (Lipinski definition) is 0. The van der Waals surface area contributed by atoms with Gasteiger partial charge in [0.05, 0.1) is 19.1 Å². The Kier molecular flexibility index (Phi) is 3.65. The number of aliphatic imine (C=N–C) groups is 1. The van der Waals surface area contributed by atoms with Gasteiger partial charge in [0, 0.05) is 17.0 Å². The molecule has 3 atom stereocenters. The van der Waals surface area contributed by atoms with E-state index < -0.39 is 5.41 Å². The van der Waals surface area contributed by atoms with E-state index in [9.17, 15) is 9.59 Å². The van der Waals surface area contributed by atoms with E-state index in [-0.39, 0.29) is 29.3 Å². The Morgan fingerprint density at radius 3 is 2.70 bits per heavy atom. The standard InChI is InChI=1S/C15H23NO4/c1-13(9-16-5-11(17)19-4)6-14(2)8-15(3,7-13)12(18)20-10-14/h9H,5-8,10H2,1-4H3/t13-,14+,15-/m0/s1. The molecule has 0 N–H and O–H groups in total. The van der Waals surface area contributed by atoms with Crippen LogP contribution in [0.2, 0.25) is 0 Å². The number of nitrogens with zero attached hydrogens (tertiary/aromatic N) is 1. The molecule has 0 spiro atoms. The Bertz CT molecular complexity index is 461. The normalized spacial score (nSPS) is 40.5. The average molecular weight is 281 g/mol. The molecule has 2 aliphatic rings. The Hall–Kier alpha value is -1.39. The number of hydrogen-bond acceptors (Lipinski definition) is 5. The van der Waals surface area contributed by atoms with Crippen molar-refractivity contribution in [1.82, 2.24) is 0 Å². The molecule has 1 aliphatic carbocycles. The Balaban J connectivity index is 2.16. The van der Waals surface area contributed by atoms with E-state index in [0.29, 0.717) is 13.0 Å². The van der Waals surface area contributed by atoms with Crippen LogP contribution in [0.3, 0.4) is 0 Å². The van der Waals surface area contributed by atoms with Crippen molar-refractivity contribution in [3.05, 3.63) is 0 Å². The van der Waals surface area contributed by atoms with Crippen LogP contribution in [0, 0.1) is 16.2 Å². The van der Waals surface area contributed by atoms with Gasteiger partial charge in [0.2, 0.25) is 0 Å². The number of carbonyl (C=O) groups excluding carboxylic acids is 2. The molecule has 1 aliphatic heterocycles. The summed E-state index contributed by atoms with van der Waals surface area (Å²) in [6.45, 7) is 6.73. The first-order valence-corrected chi connectivity index (χ1v) is 6.95. The fraction of sp³-hybridized carbons (Fsp3) is 0.800. The first kappa shape index (κ1) is 15.0. The number of methoxy groups -OCH3 is 1. The van der Waals surface area contributed by atoms with Crippen LogP contribution in [0.1, 0.15) is 40.0 Å². The van der Waals surface area contributed by atoms with Gasteiger partial charge in [-0.2, -0.15) is 0 Å². The van der Waals surface area contributed by atoms with Crippen LogP contribution < -0.4 is 0 Å². The van der Waals surface area contributed by atoms with Crippen LogP contribution in [-0.4, -0.2) is 38.4 Å². The van der Waals surface area contributed by atoms with Crippen molar-refractivity contribution in [1.29, 1.82) is 0 Å². The van der Waals surface area contributed by atoms with Crippen molar-refractivity contribution >= 4 is 18.2 Å². The highest BCUT2D eigenvalue weighted by Crippen LogP contribution is 2.56. The van der Waals surface area contributed by atoms with E-state index in [1.807, 2.05) is 13.1 Å². The van der Waals surface area contributed by atoms with Crippen LogP contribution in [0.5, 0.6) is 0 Å². The van der Waals surface area contributed by atoms with Gasteiger partial charge in [0.25, 0.3) is 0 Å². The van der Waals surface area contributed by atoms with Crippen molar-refractivity contribution in [3.8, 4) is 0 Å². The predicted octanol–water partition coefficient (Wildman–Crippen LogP) is 1.99. The lowest BCUT2D eigenvalue weighted by atomic mass is 9.54. The topological polar surface area (TPSA) is 65.0 Å². The summed E-state index contributed by atoms with van der Waals surface area (Å²) in [5.41, 5.74) is -0.639. The lowest BCUT2D eigenvalue weighted by Crippen LogP contribution is -2.53. The quantitative estimate of drug-likeness (QED) is 0.586. The minimum absolute atomic E-state index is 0.00700. The number of carbonyl (C=O) groups is 2. The number of cyclic esters (lactones) is 1. The molecule has 1 heterocycles. The van der Waals surface area contributed by atoms with Gasteiger partial charge >= 0.3 is 11.9 Å². The van der Waals surface area contributed by atoms with Crippen molar-refractivity contribution in [2.24, 2.45) is 21.2 Å². The summed E-state index contributed by atoms with van der Waals surface area (Å²) in [4.78, 5) is 27.4. The van der Waals surface area contributed by atoms with E-state index in [4.69, 9.17) is 4.74 Å². The first-order chi connectivity index (χ1) is 9.20. The highest BCUT2D eigenvalue weighted by atomic mass is 16.5. The summed E-state index contributed by atoms with van der Waals surface area (Å²) < 4.78 is 9.92. The molecule has 20 heavy (non-hydrogen) atoms. The molecule has 2 fully saturated rings. The van der Waals surface area contributed by atoms with Crippen LogP contribution >= 0.6 is 0 Å². The van der Waals surface area contributed by atoms with Crippen molar-refractivity contribution < 1.29 is 19.1 Å². The van der Waals surface area contributed by atoms with Crippen LogP contribution in [0.15, 0.2) is 4.99 Å². The molecule has 0 aromatic carbocycles. The summed E-state index contributed by atoms with van der Waals surface area (Å²) >= 11 is 0. The molecule has 1 saturated heterocycles. The molecular formula is C15H23NO4. The molecule has 2 bridgehead atoms. The Morgan fingerprint density at radius 2 is 2.05 bits per heavy atom. The van der Waals surface area contributed by atoms with E-state index >= 15 is 0 Å². The van der Waals surface area contributed by atoms with E-state index in [1.165, 1.54) is 7.11 Å². The fourth-order valence-corrected chi connectivity index (χ4v) is 4.15. The van der Waals surface area contributed by atoms with Gasteiger partial charge in [-0.1, -0.05) is 13.8 Å². The second kappa shape index (κ2) is 4.86. The molecule has 0 radical (unpaired) electrons. The van der Waals surface area contributed by atoms with Crippen LogP contribution in [0.25, 0.3) is 0 Å². The van der Waals surface area contributed by atoms with Crippen molar-refractivity contribution in [2.75, 3.05) is 20.3 Å². The molecule has 0 aromatic heterocycles. The van der Waals surface area contributed by atoms with Crippen LogP contribution in [0.4, 0.5) is 0 Å². The van der Waals surface area contributed by atoms with Gasteiger partial charge in [0.15, 0.2) is 0 Å². The maximum atomic E-state index is 12.0. The zero-order valence-electron chi connectivity index (χ0n) is 12.7. The number of rotatable bonds is 3. The van der Waals surface area contributed by atoms with E-state index in [2.05, 4.69) is 23.6 Å². The minimum Gasteiger partial charge on any atom is -0.468 e. The van der Waals surface area contributed by atoms with Gasteiger partial charge in [-0.05, 0) is 26.2 Å². The smallest absolute Gasteiger partial charge is 0.327 e. The SMILES string of the molecule is COC(=O)CN=C[C@@]1(C)C[C@@]2(C)COC(=O)[C@@](C)(C1)C2. The summed E-state index contributed by atoms with van der Waals surface area (Å²) in [6, 6.07) is 0. The molecule has 1 saturated carbocycles. The molecular weight excluding hydrogens is 258 g/mol. The summed E-state index contributed by atoms with van der Waals surface area (Å²) in [6.07, 6.45) is 4.31. The molecule has 0 unspecified atom stereocenters. The summed E-state index contributed by atoms with van der Waals surface area (Å²) in [7, 11) is 1.35. The maximum absolute atomic E-state index is 12.0. The van der Waals surface area contributed by atoms with Crippen LogP contribution in [-0.2, 0) is 19.1 Å². The predicted molar refractivity (Wildman–Crippen MR) is 74.5 cm³/mol. The van der Waals surface area contributed by atoms with Crippen molar-refractivity contribution in [2.45, 2.75) is 40.0 Å². The van der Waals surface area contributed by atoms with Gasteiger partial charge < -0.3 is 9.47 Å². The number of fused-ring (bicyclic) bond motifs is 2. The number of esters is 2. The second-order valence-electron chi connectivity index (χ2n) is 7.18. The summed E-state index contributed by atoms with van der Waals surface area (Å²) in [5.74, 6) is -0.458. The zero-order valence-corrected chi connectivity index (χ0v) is 12.7. The van der Waals surface area contributed by atoms with Gasteiger partial charge in [-0.15, -0.1) is 0 Å². The highest BCUT2D eigenvalue weighted by Gasteiger charge is 2.55. The molecule has 2 rings (SSSR count). The molecule has 0 aromatic rings. The van der Waals surface area contributed by atoms with Gasteiger partial charge in [-0.3, -0.25) is 14.6 Å². The molecule has 0 amide bonds. The minimum atomic E-state index is -0.447. The second-order valence-corrected chi connectivity index (χ2v) is 7.18. The van der Waals surface area contributed by atoms with E-state index in [1.54, 1.807) is 0 Å². The largest absolute Gasteiger partial charge is 0.468 e. The highest BCUT2D eigenvalue weighted by molar-refractivity contribution is 5.80. The molecule has 5 nitrogen and oxygen atoms in total. The lowest BCUT2D eigenvalue weighted by Gasteiger charge is -2.53. The van der Waals surface area contributed by atoms with Gasteiger partial charge in [0.1, 0.15) is 6.54 Å². The third-order valence-corrected chi connectivity index (χ3v) is 4.34. The maximum Gasteiger partial charge on any atom is 0.327 e. The zero-order chi connectivity index (χ0) is 15.0. The third-order valence-electron chi connectivity index (χ3n) is 4.34.